The number of hydrogen-bond donors (Lipinski definition) is 1. The van der Waals surface area contributed by atoms with Crippen molar-refractivity contribution in [3.63, 3.8) is 0 Å². The minimum Gasteiger partial charge on any atom is -0.350 e. The number of benzene rings is 2. The van der Waals surface area contributed by atoms with E-state index in [2.05, 4.69) is 5.32 Å². The van der Waals surface area contributed by atoms with Crippen molar-refractivity contribution in [3.8, 4) is 0 Å². The van der Waals surface area contributed by atoms with Gasteiger partial charge in [-0.15, -0.1) is 0 Å². The van der Waals surface area contributed by atoms with Crippen LogP contribution < -0.4 is 9.62 Å². The van der Waals surface area contributed by atoms with Crippen molar-refractivity contribution in [1.29, 1.82) is 0 Å². The predicted molar refractivity (Wildman–Crippen MR) is 96.7 cm³/mol. The molecule has 0 aliphatic heterocycles. The number of halogens is 3. The van der Waals surface area contributed by atoms with Crippen molar-refractivity contribution in [2.75, 3.05) is 17.1 Å². The smallest absolute Gasteiger partial charge is 0.350 e. The molecule has 0 bridgehead atoms. The van der Waals surface area contributed by atoms with E-state index in [1.807, 2.05) is 0 Å². The lowest BCUT2D eigenvalue weighted by atomic mass is 10.1. The van der Waals surface area contributed by atoms with E-state index in [0.717, 1.165) is 22.7 Å². The summed E-state index contributed by atoms with van der Waals surface area (Å²) in [5.74, 6) is -0.624. The van der Waals surface area contributed by atoms with Gasteiger partial charge in [0.25, 0.3) is 0 Å². The first-order valence-corrected chi connectivity index (χ1v) is 9.79. The summed E-state index contributed by atoms with van der Waals surface area (Å²) in [6.07, 6.45) is -3.49. The molecule has 0 aliphatic rings. The Bertz CT molecular complexity index is 927. The van der Waals surface area contributed by atoms with Gasteiger partial charge in [-0.05, 0) is 36.2 Å². The maximum atomic E-state index is 12.7. The van der Waals surface area contributed by atoms with Gasteiger partial charge >= 0.3 is 6.18 Å². The molecule has 5 nitrogen and oxygen atoms in total. The van der Waals surface area contributed by atoms with Crippen LogP contribution in [0.1, 0.15) is 16.7 Å². The number of rotatable bonds is 6. The predicted octanol–water partition coefficient (Wildman–Crippen LogP) is 3.10. The molecule has 0 saturated carbocycles. The number of carbonyl (C=O) groups excluding carboxylic acids is 1. The largest absolute Gasteiger partial charge is 0.416 e. The highest BCUT2D eigenvalue weighted by atomic mass is 32.2. The number of alkyl halides is 3. The monoisotopic (exact) mass is 400 g/mol. The Morgan fingerprint density at radius 1 is 1.11 bits per heavy atom. The van der Waals surface area contributed by atoms with E-state index in [1.165, 1.54) is 12.1 Å². The average molecular weight is 400 g/mol. The van der Waals surface area contributed by atoms with E-state index in [1.54, 1.807) is 31.2 Å². The average Bonchev–Trinajstić information content (AvgIpc) is 2.57. The molecule has 2 rings (SSSR count). The van der Waals surface area contributed by atoms with Crippen LogP contribution in [0.2, 0.25) is 0 Å². The zero-order valence-corrected chi connectivity index (χ0v) is 15.6. The van der Waals surface area contributed by atoms with Gasteiger partial charge in [0.1, 0.15) is 6.54 Å². The quantitative estimate of drug-likeness (QED) is 0.810. The van der Waals surface area contributed by atoms with Crippen molar-refractivity contribution in [2.45, 2.75) is 19.6 Å². The van der Waals surface area contributed by atoms with Crippen LogP contribution in [-0.4, -0.2) is 27.1 Å². The summed E-state index contributed by atoms with van der Waals surface area (Å²) >= 11 is 0. The van der Waals surface area contributed by atoms with Gasteiger partial charge in [0, 0.05) is 6.54 Å². The normalized spacial score (nSPS) is 11.9. The number of nitrogens with zero attached hydrogens (tertiary/aromatic N) is 1. The summed E-state index contributed by atoms with van der Waals surface area (Å²) < 4.78 is 63.3. The molecule has 27 heavy (non-hydrogen) atoms. The third-order valence-electron chi connectivity index (χ3n) is 3.82. The second-order valence-electron chi connectivity index (χ2n) is 6.03. The van der Waals surface area contributed by atoms with Gasteiger partial charge in [0.05, 0.1) is 17.5 Å². The topological polar surface area (TPSA) is 66.5 Å². The van der Waals surface area contributed by atoms with E-state index in [4.69, 9.17) is 0 Å². The first-order valence-electron chi connectivity index (χ1n) is 7.94. The highest BCUT2D eigenvalue weighted by molar-refractivity contribution is 7.92. The van der Waals surface area contributed by atoms with Gasteiger partial charge in [-0.3, -0.25) is 9.10 Å². The number of anilines is 1. The summed E-state index contributed by atoms with van der Waals surface area (Å²) in [5.41, 5.74) is 0.495. The molecule has 0 aliphatic carbocycles. The third-order valence-corrected chi connectivity index (χ3v) is 4.94. The van der Waals surface area contributed by atoms with Gasteiger partial charge in [0.2, 0.25) is 15.9 Å². The highest BCUT2D eigenvalue weighted by Crippen LogP contribution is 2.29. The minimum absolute atomic E-state index is 0.145. The van der Waals surface area contributed by atoms with E-state index in [-0.39, 0.29) is 12.1 Å². The lowest BCUT2D eigenvalue weighted by Gasteiger charge is -2.23. The molecule has 0 fully saturated rings. The van der Waals surface area contributed by atoms with Gasteiger partial charge in [-0.25, -0.2) is 8.42 Å². The van der Waals surface area contributed by atoms with Gasteiger partial charge in [-0.1, -0.05) is 30.3 Å². The van der Waals surface area contributed by atoms with E-state index < -0.39 is 34.2 Å². The first kappa shape index (κ1) is 20.8. The first-order chi connectivity index (χ1) is 12.5. The van der Waals surface area contributed by atoms with Crippen molar-refractivity contribution < 1.29 is 26.4 Å². The van der Waals surface area contributed by atoms with Crippen LogP contribution in [0.4, 0.5) is 18.9 Å². The van der Waals surface area contributed by atoms with Crippen molar-refractivity contribution in [1.82, 2.24) is 5.32 Å². The van der Waals surface area contributed by atoms with Crippen molar-refractivity contribution >= 4 is 21.6 Å². The SMILES string of the molecule is Cc1ccccc1N(CC(=O)NCc1cccc(C(F)(F)F)c1)S(C)(=O)=O. The third kappa shape index (κ3) is 5.72. The molecule has 0 aromatic heterocycles. The zero-order valence-electron chi connectivity index (χ0n) is 14.7. The van der Waals surface area contributed by atoms with Gasteiger partial charge < -0.3 is 5.32 Å². The van der Waals surface area contributed by atoms with Crippen LogP contribution in [0.15, 0.2) is 48.5 Å². The molecular weight excluding hydrogens is 381 g/mol. The molecule has 9 heteroatoms. The maximum Gasteiger partial charge on any atom is 0.416 e. The molecule has 2 aromatic rings. The maximum absolute atomic E-state index is 12.7. The molecular formula is C18H19F3N2O3S. The van der Waals surface area contributed by atoms with Gasteiger partial charge in [-0.2, -0.15) is 13.2 Å². The van der Waals surface area contributed by atoms with Crippen LogP contribution >= 0.6 is 0 Å². The van der Waals surface area contributed by atoms with E-state index >= 15 is 0 Å². The zero-order chi connectivity index (χ0) is 20.2. The Morgan fingerprint density at radius 3 is 2.37 bits per heavy atom. The van der Waals surface area contributed by atoms with Crippen LogP contribution in [-0.2, 0) is 27.5 Å². The molecule has 0 spiro atoms. The Balaban J connectivity index is 2.10. The summed E-state index contributed by atoms with van der Waals surface area (Å²) in [6, 6.07) is 11.3. The Kier molecular flexibility index (Phi) is 6.15. The number of nitrogens with one attached hydrogen (secondary N) is 1. The van der Waals surface area contributed by atoms with Crippen molar-refractivity contribution in [3.05, 3.63) is 65.2 Å². The molecule has 0 saturated heterocycles. The fourth-order valence-corrected chi connectivity index (χ4v) is 3.38. The number of amides is 1. The van der Waals surface area contributed by atoms with Crippen molar-refractivity contribution in [2.24, 2.45) is 0 Å². The highest BCUT2D eigenvalue weighted by Gasteiger charge is 2.30. The molecule has 0 atom stereocenters. The fraction of sp³-hybridized carbons (Fsp3) is 0.278. The summed E-state index contributed by atoms with van der Waals surface area (Å²) in [6.45, 7) is 1.10. The molecule has 2 aromatic carbocycles. The van der Waals surface area contributed by atoms with E-state index in [9.17, 15) is 26.4 Å². The van der Waals surface area contributed by atoms with E-state index in [0.29, 0.717) is 11.3 Å². The number of sulfonamides is 1. The molecule has 0 radical (unpaired) electrons. The summed E-state index contributed by atoms with van der Waals surface area (Å²) in [7, 11) is -3.72. The molecule has 1 amide bonds. The number of hydrogen-bond acceptors (Lipinski definition) is 3. The standard InChI is InChI=1S/C18H19F3N2O3S/c1-13-6-3-4-9-16(13)23(27(2,25)26)12-17(24)22-11-14-7-5-8-15(10-14)18(19,20)21/h3-10H,11-12H2,1-2H3,(H,22,24). The number of carbonyl (C=O) groups is 1. The second-order valence-corrected chi connectivity index (χ2v) is 7.94. The number of para-hydroxylation sites is 1. The molecule has 146 valence electrons. The lowest BCUT2D eigenvalue weighted by Crippen LogP contribution is -2.40. The summed E-state index contributed by atoms with van der Waals surface area (Å²) in [5, 5.41) is 2.46. The Labute approximate surface area is 155 Å². The molecule has 0 heterocycles. The van der Waals surface area contributed by atoms with Crippen LogP contribution in [0.3, 0.4) is 0 Å². The fourth-order valence-electron chi connectivity index (χ4n) is 2.47. The van der Waals surface area contributed by atoms with Gasteiger partial charge in [0.15, 0.2) is 0 Å². The minimum atomic E-state index is -4.47. The lowest BCUT2D eigenvalue weighted by molar-refractivity contribution is -0.137. The number of aryl methyl sites for hydroxylation is 1. The Morgan fingerprint density at radius 2 is 1.78 bits per heavy atom. The molecule has 0 unspecified atom stereocenters. The van der Waals surface area contributed by atoms with Crippen LogP contribution in [0.5, 0.6) is 0 Å². The Hall–Kier alpha value is -2.55. The second kappa shape index (κ2) is 7.99. The van der Waals surface area contributed by atoms with Crippen LogP contribution in [0.25, 0.3) is 0 Å². The molecule has 1 N–H and O–H groups in total. The summed E-state index contributed by atoms with van der Waals surface area (Å²) in [4.78, 5) is 12.2. The van der Waals surface area contributed by atoms with Crippen LogP contribution in [0, 0.1) is 6.92 Å².